The topological polar surface area (TPSA) is 46.1 Å². The van der Waals surface area contributed by atoms with Crippen LogP contribution in [0.1, 0.15) is 26.7 Å². The molecule has 0 aromatic heterocycles. The number of methoxy groups -OCH3 is 1. The SMILES string of the molecule is CN=C(NCC(C)Oc1cccc(OC)c1)N1CCC(C)CC1. The fraction of sp³-hybridized carbons (Fsp3) is 0.611. The first kappa shape index (κ1) is 17.4. The fourth-order valence-electron chi connectivity index (χ4n) is 2.74. The van der Waals surface area contributed by atoms with Crippen LogP contribution in [0.25, 0.3) is 0 Å². The van der Waals surface area contributed by atoms with Gasteiger partial charge in [0.1, 0.15) is 17.6 Å². The Morgan fingerprint density at radius 1 is 1.35 bits per heavy atom. The number of rotatable bonds is 5. The van der Waals surface area contributed by atoms with E-state index < -0.39 is 0 Å². The third-order valence-electron chi connectivity index (χ3n) is 4.22. The Morgan fingerprint density at radius 2 is 2.04 bits per heavy atom. The van der Waals surface area contributed by atoms with E-state index in [1.807, 2.05) is 31.3 Å². The van der Waals surface area contributed by atoms with Crippen LogP contribution in [0, 0.1) is 5.92 Å². The summed E-state index contributed by atoms with van der Waals surface area (Å²) in [5, 5.41) is 3.42. The van der Waals surface area contributed by atoms with Crippen LogP contribution in [0.5, 0.6) is 11.5 Å². The van der Waals surface area contributed by atoms with E-state index in [0.29, 0.717) is 0 Å². The molecule has 5 heteroatoms. The van der Waals surface area contributed by atoms with Gasteiger partial charge in [-0.2, -0.15) is 0 Å². The molecule has 5 nitrogen and oxygen atoms in total. The molecule has 23 heavy (non-hydrogen) atoms. The Balaban J connectivity index is 1.81. The molecule has 1 atom stereocenters. The van der Waals surface area contributed by atoms with Gasteiger partial charge in [0.05, 0.1) is 13.7 Å². The number of aliphatic imine (C=N–C) groups is 1. The van der Waals surface area contributed by atoms with Crippen molar-refractivity contribution in [2.45, 2.75) is 32.8 Å². The Hall–Kier alpha value is -1.91. The van der Waals surface area contributed by atoms with Gasteiger partial charge >= 0.3 is 0 Å². The Morgan fingerprint density at radius 3 is 2.70 bits per heavy atom. The molecule has 0 amide bonds. The average Bonchev–Trinajstić information content (AvgIpc) is 2.57. The number of hydrogen-bond donors (Lipinski definition) is 1. The molecule has 1 aromatic rings. The van der Waals surface area contributed by atoms with Crippen molar-refractivity contribution < 1.29 is 9.47 Å². The van der Waals surface area contributed by atoms with Crippen LogP contribution in [0.4, 0.5) is 0 Å². The zero-order valence-electron chi connectivity index (χ0n) is 14.7. The third-order valence-corrected chi connectivity index (χ3v) is 4.22. The molecule has 0 saturated carbocycles. The van der Waals surface area contributed by atoms with Crippen molar-refractivity contribution in [2.24, 2.45) is 10.9 Å². The third kappa shape index (κ3) is 5.34. The first-order chi connectivity index (χ1) is 11.1. The molecule has 1 aromatic carbocycles. The van der Waals surface area contributed by atoms with Gasteiger partial charge in [0.2, 0.25) is 0 Å². The molecule has 1 N–H and O–H groups in total. The molecule has 1 saturated heterocycles. The summed E-state index contributed by atoms with van der Waals surface area (Å²) in [6.45, 7) is 7.24. The lowest BCUT2D eigenvalue weighted by atomic mass is 10.00. The van der Waals surface area contributed by atoms with Gasteiger partial charge in [-0.05, 0) is 37.8 Å². The summed E-state index contributed by atoms with van der Waals surface area (Å²) in [4.78, 5) is 6.73. The van der Waals surface area contributed by atoms with E-state index in [1.165, 1.54) is 12.8 Å². The second-order valence-electron chi connectivity index (χ2n) is 6.21. The highest BCUT2D eigenvalue weighted by Crippen LogP contribution is 2.20. The van der Waals surface area contributed by atoms with Crippen LogP contribution in [-0.2, 0) is 0 Å². The van der Waals surface area contributed by atoms with Gasteiger partial charge < -0.3 is 19.7 Å². The van der Waals surface area contributed by atoms with E-state index in [9.17, 15) is 0 Å². The van der Waals surface area contributed by atoms with Crippen LogP contribution in [0.2, 0.25) is 0 Å². The Kier molecular flexibility index (Phi) is 6.56. The maximum Gasteiger partial charge on any atom is 0.193 e. The number of nitrogens with zero attached hydrogens (tertiary/aromatic N) is 2. The normalized spacial score (nSPS) is 17.7. The molecule has 0 spiro atoms. The van der Waals surface area contributed by atoms with E-state index in [0.717, 1.165) is 43.0 Å². The maximum atomic E-state index is 5.94. The molecule has 1 aliphatic rings. The standard InChI is InChI=1S/C18H29N3O2/c1-14-8-10-21(11-9-14)18(19-3)20-13-15(2)23-17-7-5-6-16(12-17)22-4/h5-7,12,14-15H,8-11,13H2,1-4H3,(H,19,20). The second-order valence-corrected chi connectivity index (χ2v) is 6.21. The molecule has 1 aliphatic heterocycles. The number of hydrogen-bond acceptors (Lipinski definition) is 3. The van der Waals surface area contributed by atoms with E-state index in [1.54, 1.807) is 7.11 Å². The quantitative estimate of drug-likeness (QED) is 0.669. The first-order valence-corrected chi connectivity index (χ1v) is 8.38. The van der Waals surface area contributed by atoms with Crippen LogP contribution < -0.4 is 14.8 Å². The van der Waals surface area contributed by atoms with Gasteiger partial charge in [-0.1, -0.05) is 13.0 Å². The molecule has 0 bridgehead atoms. The number of nitrogens with one attached hydrogen (secondary N) is 1. The summed E-state index contributed by atoms with van der Waals surface area (Å²) >= 11 is 0. The lowest BCUT2D eigenvalue weighted by Crippen LogP contribution is -2.47. The zero-order valence-corrected chi connectivity index (χ0v) is 14.7. The van der Waals surface area contributed by atoms with E-state index >= 15 is 0 Å². The molecule has 128 valence electrons. The Labute approximate surface area is 139 Å². The molecule has 0 radical (unpaired) electrons. The number of guanidine groups is 1. The molecule has 2 rings (SSSR count). The molecular weight excluding hydrogens is 290 g/mol. The molecule has 1 fully saturated rings. The monoisotopic (exact) mass is 319 g/mol. The minimum Gasteiger partial charge on any atom is -0.497 e. The molecule has 1 unspecified atom stereocenters. The van der Waals surface area contributed by atoms with E-state index in [4.69, 9.17) is 9.47 Å². The van der Waals surface area contributed by atoms with Gasteiger partial charge in [-0.25, -0.2) is 0 Å². The van der Waals surface area contributed by atoms with Crippen LogP contribution in [-0.4, -0.2) is 50.8 Å². The number of piperidine rings is 1. The van der Waals surface area contributed by atoms with Crippen molar-refractivity contribution in [2.75, 3.05) is 33.8 Å². The van der Waals surface area contributed by atoms with E-state index in [-0.39, 0.29) is 6.10 Å². The highest BCUT2D eigenvalue weighted by molar-refractivity contribution is 5.80. The van der Waals surface area contributed by atoms with Gasteiger partial charge in [-0.15, -0.1) is 0 Å². The van der Waals surface area contributed by atoms with Crippen molar-refractivity contribution in [3.05, 3.63) is 24.3 Å². The molecular formula is C18H29N3O2. The number of ether oxygens (including phenoxy) is 2. The van der Waals surface area contributed by atoms with Gasteiger partial charge in [0.15, 0.2) is 5.96 Å². The largest absolute Gasteiger partial charge is 0.497 e. The van der Waals surface area contributed by atoms with Crippen molar-refractivity contribution in [3.63, 3.8) is 0 Å². The highest BCUT2D eigenvalue weighted by Gasteiger charge is 2.19. The summed E-state index contributed by atoms with van der Waals surface area (Å²) in [7, 11) is 3.50. The fourth-order valence-corrected chi connectivity index (χ4v) is 2.74. The number of likely N-dealkylation sites (tertiary alicyclic amines) is 1. The summed E-state index contributed by atoms with van der Waals surface area (Å²) in [6.07, 6.45) is 2.51. The highest BCUT2D eigenvalue weighted by atomic mass is 16.5. The lowest BCUT2D eigenvalue weighted by Gasteiger charge is -2.33. The molecule has 0 aliphatic carbocycles. The first-order valence-electron chi connectivity index (χ1n) is 8.38. The predicted octanol–water partition coefficient (Wildman–Crippen LogP) is 2.77. The minimum atomic E-state index is 0.0440. The Bertz CT molecular complexity index is 511. The summed E-state index contributed by atoms with van der Waals surface area (Å²) in [5.41, 5.74) is 0. The second kappa shape index (κ2) is 8.65. The van der Waals surface area contributed by atoms with Gasteiger partial charge in [0, 0.05) is 26.2 Å². The van der Waals surface area contributed by atoms with Crippen LogP contribution in [0.15, 0.2) is 29.3 Å². The van der Waals surface area contributed by atoms with Gasteiger partial charge in [0.25, 0.3) is 0 Å². The molecule has 1 heterocycles. The minimum absolute atomic E-state index is 0.0440. The van der Waals surface area contributed by atoms with Crippen LogP contribution >= 0.6 is 0 Å². The summed E-state index contributed by atoms with van der Waals surface area (Å²) in [5.74, 6) is 3.42. The predicted molar refractivity (Wildman–Crippen MR) is 94.4 cm³/mol. The lowest BCUT2D eigenvalue weighted by molar-refractivity contribution is 0.218. The van der Waals surface area contributed by atoms with E-state index in [2.05, 4.69) is 29.1 Å². The smallest absolute Gasteiger partial charge is 0.193 e. The zero-order chi connectivity index (χ0) is 16.7. The van der Waals surface area contributed by atoms with Gasteiger partial charge in [-0.3, -0.25) is 4.99 Å². The number of benzene rings is 1. The summed E-state index contributed by atoms with van der Waals surface area (Å²) in [6, 6.07) is 7.69. The van der Waals surface area contributed by atoms with Crippen LogP contribution in [0.3, 0.4) is 0 Å². The van der Waals surface area contributed by atoms with Crippen molar-refractivity contribution in [1.29, 1.82) is 0 Å². The van der Waals surface area contributed by atoms with Crippen molar-refractivity contribution in [3.8, 4) is 11.5 Å². The average molecular weight is 319 g/mol. The summed E-state index contributed by atoms with van der Waals surface area (Å²) < 4.78 is 11.2. The van der Waals surface area contributed by atoms with Crippen molar-refractivity contribution >= 4 is 5.96 Å². The van der Waals surface area contributed by atoms with Crippen molar-refractivity contribution in [1.82, 2.24) is 10.2 Å². The maximum absolute atomic E-state index is 5.94.